The Kier molecular flexibility index (Phi) is 1.78. The average molecular weight is 221 g/mol. The van der Waals surface area contributed by atoms with Gasteiger partial charge in [0.15, 0.2) is 0 Å². The normalized spacial score (nSPS) is 19.0. The van der Waals surface area contributed by atoms with E-state index in [9.17, 15) is 13.6 Å². The number of ketones is 1. The Morgan fingerprint density at radius 1 is 1.54 bits per heavy atom. The molecule has 5 heteroatoms. The molecule has 1 nitrogen and oxygen atoms in total. The molecule has 0 unspecified atom stereocenters. The summed E-state index contributed by atoms with van der Waals surface area (Å²) >= 11 is 6.30. The second-order valence-corrected chi connectivity index (χ2v) is 3.90. The molecular formula is C8H3ClF2OS. The maximum Gasteiger partial charge on any atom is 0.314 e. The molecular weight excluding hydrogens is 218 g/mol. The number of carbonyl (C=O) groups is 1. The van der Waals surface area contributed by atoms with E-state index in [2.05, 4.69) is 0 Å². The monoisotopic (exact) mass is 220 g/mol. The molecule has 1 aliphatic rings. The number of allylic oxidation sites excluding steroid dienone is 2. The second-order valence-electron chi connectivity index (χ2n) is 2.57. The van der Waals surface area contributed by atoms with Crippen LogP contribution in [0.1, 0.15) is 9.67 Å². The van der Waals surface area contributed by atoms with Gasteiger partial charge >= 0.3 is 5.92 Å². The molecule has 2 rings (SSSR count). The van der Waals surface area contributed by atoms with Crippen molar-refractivity contribution in [2.45, 2.75) is 5.92 Å². The van der Waals surface area contributed by atoms with Gasteiger partial charge in [-0.2, -0.15) is 8.78 Å². The zero-order chi connectivity index (χ0) is 9.64. The number of halogens is 3. The van der Waals surface area contributed by atoms with Gasteiger partial charge in [-0.05, 0) is 11.4 Å². The number of alkyl halides is 2. The summed E-state index contributed by atoms with van der Waals surface area (Å²) in [5, 5.41) is 1.04. The van der Waals surface area contributed by atoms with Crippen LogP contribution in [0.5, 0.6) is 0 Å². The summed E-state index contributed by atoms with van der Waals surface area (Å²) in [6, 6.07) is 3.13. The lowest BCUT2D eigenvalue weighted by Crippen LogP contribution is -2.04. The molecule has 13 heavy (non-hydrogen) atoms. The number of Topliss-reactive ketones (excluding diaryl/α,β-unsaturated/α-hetero) is 1. The zero-order valence-corrected chi connectivity index (χ0v) is 7.75. The van der Waals surface area contributed by atoms with Crippen LogP contribution in [0, 0.1) is 0 Å². The highest BCUT2D eigenvalue weighted by molar-refractivity contribution is 7.12. The zero-order valence-electron chi connectivity index (χ0n) is 6.18. The highest BCUT2D eigenvalue weighted by atomic mass is 35.5. The van der Waals surface area contributed by atoms with Crippen molar-refractivity contribution < 1.29 is 13.6 Å². The van der Waals surface area contributed by atoms with Crippen molar-refractivity contribution in [3.63, 3.8) is 0 Å². The highest BCUT2D eigenvalue weighted by Crippen LogP contribution is 2.52. The molecule has 0 aromatic carbocycles. The smallest absolute Gasteiger partial charge is 0.288 e. The molecule has 0 bridgehead atoms. The molecule has 1 aromatic rings. The summed E-state index contributed by atoms with van der Waals surface area (Å²) < 4.78 is 25.2. The number of carbonyl (C=O) groups excluding carboxylic acids is 1. The van der Waals surface area contributed by atoms with Gasteiger partial charge < -0.3 is 0 Å². The molecule has 0 aliphatic heterocycles. The Morgan fingerprint density at radius 2 is 2.15 bits per heavy atom. The molecule has 0 radical (unpaired) electrons. The predicted molar refractivity (Wildman–Crippen MR) is 46.5 cm³/mol. The first kappa shape index (κ1) is 8.84. The van der Waals surface area contributed by atoms with Crippen molar-refractivity contribution in [3.8, 4) is 0 Å². The van der Waals surface area contributed by atoms with Gasteiger partial charge in [0.25, 0.3) is 0 Å². The Morgan fingerprint density at radius 3 is 2.54 bits per heavy atom. The largest absolute Gasteiger partial charge is 0.314 e. The molecule has 1 aromatic heterocycles. The van der Waals surface area contributed by atoms with Crippen LogP contribution >= 0.6 is 22.9 Å². The van der Waals surface area contributed by atoms with E-state index in [1.165, 1.54) is 6.07 Å². The fourth-order valence-corrected chi connectivity index (χ4v) is 1.90. The standard InChI is InChI=1S/C8H3ClF2OS/c9-7-5(8(7,10)11)6(12)4-2-1-3-13-4/h1-3H. The molecule has 68 valence electrons. The summed E-state index contributed by atoms with van der Waals surface area (Å²) in [6.07, 6.45) is 0. The van der Waals surface area contributed by atoms with E-state index in [1.807, 2.05) is 0 Å². The van der Waals surface area contributed by atoms with Crippen LogP contribution in [-0.2, 0) is 0 Å². The van der Waals surface area contributed by atoms with Gasteiger partial charge in [0, 0.05) is 0 Å². The van der Waals surface area contributed by atoms with Crippen molar-refractivity contribution in [1.82, 2.24) is 0 Å². The Bertz CT molecular complexity index is 394. The first-order chi connectivity index (χ1) is 6.05. The second kappa shape index (κ2) is 2.62. The topological polar surface area (TPSA) is 17.1 Å². The molecule has 0 fully saturated rings. The van der Waals surface area contributed by atoms with Crippen LogP contribution < -0.4 is 0 Å². The number of rotatable bonds is 2. The third-order valence-electron chi connectivity index (χ3n) is 1.72. The van der Waals surface area contributed by atoms with Gasteiger partial charge in [-0.15, -0.1) is 11.3 Å². The minimum atomic E-state index is -3.18. The van der Waals surface area contributed by atoms with Crippen LogP contribution in [0.15, 0.2) is 28.1 Å². The van der Waals surface area contributed by atoms with Crippen LogP contribution in [-0.4, -0.2) is 11.7 Å². The third-order valence-corrected chi connectivity index (χ3v) is 3.01. The highest BCUT2D eigenvalue weighted by Gasteiger charge is 2.59. The molecule has 0 amide bonds. The van der Waals surface area contributed by atoms with Crippen LogP contribution in [0.4, 0.5) is 8.78 Å². The molecule has 1 heterocycles. The van der Waals surface area contributed by atoms with Crippen molar-refractivity contribution in [3.05, 3.63) is 33.0 Å². The minimum absolute atomic E-state index is 0.297. The maximum absolute atomic E-state index is 12.6. The van der Waals surface area contributed by atoms with Gasteiger partial charge in [0.05, 0.1) is 10.5 Å². The quantitative estimate of drug-likeness (QED) is 0.700. The van der Waals surface area contributed by atoms with E-state index in [-0.39, 0.29) is 0 Å². The van der Waals surface area contributed by atoms with Crippen LogP contribution in [0.2, 0.25) is 0 Å². The van der Waals surface area contributed by atoms with E-state index in [0.29, 0.717) is 4.88 Å². The van der Waals surface area contributed by atoms with Crippen LogP contribution in [0.25, 0.3) is 0 Å². The van der Waals surface area contributed by atoms with Crippen molar-refractivity contribution >= 4 is 28.7 Å². The van der Waals surface area contributed by atoms with Crippen molar-refractivity contribution in [1.29, 1.82) is 0 Å². The van der Waals surface area contributed by atoms with Crippen LogP contribution in [0.3, 0.4) is 0 Å². The van der Waals surface area contributed by atoms with E-state index in [4.69, 9.17) is 11.6 Å². The Hall–Kier alpha value is -0.740. The Balaban J connectivity index is 2.27. The molecule has 0 atom stereocenters. The SMILES string of the molecule is O=C(C1=C(Cl)C1(F)F)c1cccs1. The number of hydrogen-bond donors (Lipinski definition) is 0. The van der Waals surface area contributed by atoms with Crippen molar-refractivity contribution in [2.75, 3.05) is 0 Å². The first-order valence-electron chi connectivity index (χ1n) is 3.42. The first-order valence-corrected chi connectivity index (χ1v) is 4.67. The molecule has 0 N–H and O–H groups in total. The number of hydrogen-bond acceptors (Lipinski definition) is 2. The Labute approximate surface area is 81.6 Å². The van der Waals surface area contributed by atoms with Gasteiger partial charge in [0.2, 0.25) is 5.78 Å². The molecule has 1 aliphatic carbocycles. The predicted octanol–water partition coefficient (Wildman–Crippen LogP) is 3.07. The van der Waals surface area contributed by atoms with Gasteiger partial charge in [-0.25, -0.2) is 0 Å². The summed E-state index contributed by atoms with van der Waals surface area (Å²) in [5.41, 5.74) is -0.559. The van der Waals surface area contributed by atoms with Gasteiger partial charge in [-0.1, -0.05) is 17.7 Å². The van der Waals surface area contributed by atoms with E-state index in [1.54, 1.807) is 11.4 Å². The molecule has 0 saturated carbocycles. The number of thiophene rings is 1. The molecule has 0 saturated heterocycles. The van der Waals surface area contributed by atoms with E-state index in [0.717, 1.165) is 11.3 Å². The van der Waals surface area contributed by atoms with E-state index < -0.39 is 22.3 Å². The summed E-state index contributed by atoms with van der Waals surface area (Å²) in [6.45, 7) is 0. The minimum Gasteiger partial charge on any atom is -0.288 e. The maximum atomic E-state index is 12.6. The fourth-order valence-electron chi connectivity index (χ4n) is 0.982. The summed E-state index contributed by atoms with van der Waals surface area (Å²) in [4.78, 5) is 11.6. The summed E-state index contributed by atoms with van der Waals surface area (Å²) in [7, 11) is 0. The van der Waals surface area contributed by atoms with Crippen molar-refractivity contribution in [2.24, 2.45) is 0 Å². The van der Waals surface area contributed by atoms with Gasteiger partial charge in [0.1, 0.15) is 5.03 Å². The summed E-state index contributed by atoms with van der Waals surface area (Å²) in [5.74, 6) is -3.84. The molecule has 0 spiro atoms. The fraction of sp³-hybridized carbons (Fsp3) is 0.125. The van der Waals surface area contributed by atoms with E-state index >= 15 is 0 Å². The average Bonchev–Trinajstić information content (AvgIpc) is 2.57. The lowest BCUT2D eigenvalue weighted by Gasteiger charge is -1.93. The lowest BCUT2D eigenvalue weighted by atomic mass is 10.2. The third kappa shape index (κ3) is 1.21. The lowest BCUT2D eigenvalue weighted by molar-refractivity contribution is 0.0955. The van der Waals surface area contributed by atoms with Gasteiger partial charge in [-0.3, -0.25) is 4.79 Å².